The fourth-order valence-electron chi connectivity index (χ4n) is 1.07. The summed E-state index contributed by atoms with van der Waals surface area (Å²) < 4.78 is 13.1. The van der Waals surface area contributed by atoms with Gasteiger partial charge in [-0.05, 0) is 30.8 Å². The first-order chi connectivity index (χ1) is 7.16. The molecule has 4 nitrogen and oxygen atoms in total. The van der Waals surface area contributed by atoms with Crippen LogP contribution in [-0.4, -0.2) is 15.2 Å². The maximum absolute atomic E-state index is 13.1. The predicted molar refractivity (Wildman–Crippen MR) is 56.1 cm³/mol. The molecule has 1 heterocycles. The Morgan fingerprint density at radius 1 is 1.47 bits per heavy atom. The predicted octanol–water partition coefficient (Wildman–Crippen LogP) is 1.99. The normalized spacial score (nSPS) is 10.5. The zero-order chi connectivity index (χ0) is 10.8. The van der Waals surface area contributed by atoms with Crippen molar-refractivity contribution in [1.29, 1.82) is 0 Å². The van der Waals surface area contributed by atoms with E-state index in [2.05, 4.69) is 15.2 Å². The standard InChI is InChI=1S/C9H9FN4S/c1-5-12-9(14-13-5)15-7-4-2-3-6(10)8(7)11/h2-4H,11H2,1H3,(H,12,13,14). The molecule has 0 spiro atoms. The van der Waals surface area contributed by atoms with E-state index < -0.39 is 5.82 Å². The summed E-state index contributed by atoms with van der Waals surface area (Å²) in [5.74, 6) is 0.291. The van der Waals surface area contributed by atoms with Crippen molar-refractivity contribution in [3.05, 3.63) is 29.8 Å². The molecular weight excluding hydrogens is 215 g/mol. The fraction of sp³-hybridized carbons (Fsp3) is 0.111. The molecule has 0 radical (unpaired) electrons. The third kappa shape index (κ3) is 2.10. The number of hydrogen-bond acceptors (Lipinski definition) is 4. The number of H-pyrrole nitrogens is 1. The Labute approximate surface area is 90.1 Å². The maximum Gasteiger partial charge on any atom is 0.213 e. The quantitative estimate of drug-likeness (QED) is 0.765. The van der Waals surface area contributed by atoms with Crippen molar-refractivity contribution in [3.8, 4) is 0 Å². The van der Waals surface area contributed by atoms with Crippen molar-refractivity contribution in [3.63, 3.8) is 0 Å². The molecule has 2 aromatic rings. The van der Waals surface area contributed by atoms with Crippen LogP contribution in [0.5, 0.6) is 0 Å². The molecule has 0 bridgehead atoms. The van der Waals surface area contributed by atoms with E-state index in [0.717, 1.165) is 0 Å². The second-order valence-electron chi connectivity index (χ2n) is 2.96. The van der Waals surface area contributed by atoms with Gasteiger partial charge < -0.3 is 5.73 Å². The summed E-state index contributed by atoms with van der Waals surface area (Å²) >= 11 is 1.23. The summed E-state index contributed by atoms with van der Waals surface area (Å²) in [6.45, 7) is 1.80. The van der Waals surface area contributed by atoms with Gasteiger partial charge in [0.25, 0.3) is 0 Å². The lowest BCUT2D eigenvalue weighted by atomic mass is 10.3. The number of rotatable bonds is 2. The van der Waals surface area contributed by atoms with E-state index >= 15 is 0 Å². The molecule has 2 rings (SSSR count). The van der Waals surface area contributed by atoms with Crippen LogP contribution in [0.4, 0.5) is 10.1 Å². The van der Waals surface area contributed by atoms with E-state index in [-0.39, 0.29) is 5.69 Å². The van der Waals surface area contributed by atoms with Crippen LogP contribution in [-0.2, 0) is 0 Å². The highest BCUT2D eigenvalue weighted by Crippen LogP contribution is 2.30. The third-order valence-electron chi connectivity index (χ3n) is 1.79. The molecule has 6 heteroatoms. The Kier molecular flexibility index (Phi) is 2.59. The third-order valence-corrected chi connectivity index (χ3v) is 2.73. The van der Waals surface area contributed by atoms with Gasteiger partial charge in [0, 0.05) is 4.90 Å². The number of nitrogens with zero attached hydrogens (tertiary/aromatic N) is 2. The summed E-state index contributed by atoms with van der Waals surface area (Å²) in [6.07, 6.45) is 0. The summed E-state index contributed by atoms with van der Waals surface area (Å²) in [5.41, 5.74) is 5.71. The van der Waals surface area contributed by atoms with Crippen molar-refractivity contribution in [2.45, 2.75) is 17.0 Å². The number of para-hydroxylation sites is 1. The number of aromatic amines is 1. The van der Waals surface area contributed by atoms with Gasteiger partial charge in [-0.1, -0.05) is 6.07 Å². The number of aromatic nitrogens is 3. The minimum absolute atomic E-state index is 0.130. The first kappa shape index (κ1) is 9.97. The zero-order valence-electron chi connectivity index (χ0n) is 7.99. The van der Waals surface area contributed by atoms with Gasteiger partial charge in [0.15, 0.2) is 0 Å². The van der Waals surface area contributed by atoms with E-state index in [0.29, 0.717) is 15.9 Å². The van der Waals surface area contributed by atoms with Gasteiger partial charge in [-0.15, -0.1) is 5.10 Å². The molecule has 0 aliphatic carbocycles. The molecule has 15 heavy (non-hydrogen) atoms. The molecule has 1 aromatic heterocycles. The highest BCUT2D eigenvalue weighted by Gasteiger charge is 2.08. The molecule has 3 N–H and O–H groups in total. The maximum atomic E-state index is 13.1. The minimum atomic E-state index is -0.424. The van der Waals surface area contributed by atoms with Crippen LogP contribution in [0.25, 0.3) is 0 Å². The Hall–Kier alpha value is -1.56. The smallest absolute Gasteiger partial charge is 0.213 e. The molecule has 78 valence electrons. The number of nitrogens with one attached hydrogen (secondary N) is 1. The average molecular weight is 224 g/mol. The van der Waals surface area contributed by atoms with Crippen LogP contribution in [0.2, 0.25) is 0 Å². The summed E-state index contributed by atoms with van der Waals surface area (Å²) in [6, 6.07) is 4.66. The molecule has 0 fully saturated rings. The molecule has 0 saturated heterocycles. The van der Waals surface area contributed by atoms with Crippen LogP contribution >= 0.6 is 11.8 Å². The second kappa shape index (κ2) is 3.90. The lowest BCUT2D eigenvalue weighted by Gasteiger charge is -2.02. The Morgan fingerprint density at radius 3 is 2.93 bits per heavy atom. The second-order valence-corrected chi connectivity index (χ2v) is 3.97. The molecule has 0 aliphatic rings. The number of hydrogen-bond donors (Lipinski definition) is 2. The number of anilines is 1. The molecule has 0 aliphatic heterocycles. The largest absolute Gasteiger partial charge is 0.395 e. The van der Waals surface area contributed by atoms with Crippen LogP contribution < -0.4 is 5.73 Å². The fourth-order valence-corrected chi connectivity index (χ4v) is 1.90. The van der Waals surface area contributed by atoms with Gasteiger partial charge in [-0.25, -0.2) is 9.37 Å². The Morgan fingerprint density at radius 2 is 2.27 bits per heavy atom. The highest BCUT2D eigenvalue weighted by atomic mass is 32.2. The van der Waals surface area contributed by atoms with Gasteiger partial charge >= 0.3 is 0 Å². The number of benzene rings is 1. The molecule has 1 aromatic carbocycles. The molecule has 0 atom stereocenters. The summed E-state index contributed by atoms with van der Waals surface area (Å²) in [4.78, 5) is 4.71. The van der Waals surface area contributed by atoms with E-state index in [1.165, 1.54) is 17.8 Å². The zero-order valence-corrected chi connectivity index (χ0v) is 8.81. The van der Waals surface area contributed by atoms with Crippen molar-refractivity contribution >= 4 is 17.4 Å². The molecular formula is C9H9FN4S. The number of nitrogen functional groups attached to an aromatic ring is 1. The van der Waals surface area contributed by atoms with E-state index in [4.69, 9.17) is 5.73 Å². The van der Waals surface area contributed by atoms with Gasteiger partial charge in [-0.2, -0.15) is 0 Å². The van der Waals surface area contributed by atoms with Crippen LogP contribution in [0.15, 0.2) is 28.3 Å². The topological polar surface area (TPSA) is 67.6 Å². The van der Waals surface area contributed by atoms with Crippen molar-refractivity contribution < 1.29 is 4.39 Å². The van der Waals surface area contributed by atoms with Crippen molar-refractivity contribution in [1.82, 2.24) is 15.2 Å². The first-order valence-electron chi connectivity index (χ1n) is 4.27. The van der Waals surface area contributed by atoms with Crippen LogP contribution in [0.1, 0.15) is 5.82 Å². The van der Waals surface area contributed by atoms with Gasteiger partial charge in [0.1, 0.15) is 11.6 Å². The van der Waals surface area contributed by atoms with Crippen LogP contribution in [0.3, 0.4) is 0 Å². The van der Waals surface area contributed by atoms with E-state index in [1.54, 1.807) is 19.1 Å². The lowest BCUT2D eigenvalue weighted by Crippen LogP contribution is -1.92. The molecule has 0 unspecified atom stereocenters. The Bertz CT molecular complexity index is 483. The molecule has 0 amide bonds. The first-order valence-corrected chi connectivity index (χ1v) is 5.09. The minimum Gasteiger partial charge on any atom is -0.395 e. The lowest BCUT2D eigenvalue weighted by molar-refractivity contribution is 0.629. The summed E-state index contributed by atoms with van der Waals surface area (Å²) in [5, 5.41) is 7.17. The monoisotopic (exact) mass is 224 g/mol. The average Bonchev–Trinajstić information content (AvgIpc) is 2.59. The number of halogens is 1. The highest BCUT2D eigenvalue weighted by molar-refractivity contribution is 7.99. The number of nitrogens with two attached hydrogens (primary N) is 1. The Balaban J connectivity index is 2.28. The van der Waals surface area contributed by atoms with Gasteiger partial charge in [0.2, 0.25) is 5.16 Å². The van der Waals surface area contributed by atoms with Gasteiger partial charge in [-0.3, -0.25) is 5.10 Å². The van der Waals surface area contributed by atoms with Crippen molar-refractivity contribution in [2.75, 3.05) is 5.73 Å². The number of aryl methyl sites for hydroxylation is 1. The SMILES string of the molecule is Cc1nc(Sc2cccc(F)c2N)n[nH]1. The van der Waals surface area contributed by atoms with Crippen LogP contribution in [0, 0.1) is 12.7 Å². The molecule has 0 saturated carbocycles. The van der Waals surface area contributed by atoms with E-state index in [1.807, 2.05) is 0 Å². The van der Waals surface area contributed by atoms with Gasteiger partial charge in [0.05, 0.1) is 5.69 Å². The summed E-state index contributed by atoms with van der Waals surface area (Å²) in [7, 11) is 0. The van der Waals surface area contributed by atoms with E-state index in [9.17, 15) is 4.39 Å². The van der Waals surface area contributed by atoms with Crippen molar-refractivity contribution in [2.24, 2.45) is 0 Å².